The van der Waals surface area contributed by atoms with Gasteiger partial charge in [-0.1, -0.05) is 42.0 Å². The van der Waals surface area contributed by atoms with Crippen molar-refractivity contribution in [3.05, 3.63) is 94.8 Å². The van der Waals surface area contributed by atoms with E-state index in [0.717, 1.165) is 22.8 Å². The number of anilines is 1. The highest BCUT2D eigenvalue weighted by Crippen LogP contribution is 2.21. The molecule has 3 rings (SSSR count). The van der Waals surface area contributed by atoms with Gasteiger partial charge in [-0.2, -0.15) is 0 Å². The average Bonchev–Trinajstić information content (AvgIpc) is 2.69. The topological polar surface area (TPSA) is 75.3 Å². The minimum Gasteiger partial charge on any atom is -0.346 e. The molecule has 1 unspecified atom stereocenters. The lowest BCUT2D eigenvalue weighted by Crippen LogP contribution is -2.27. The number of benzene rings is 3. The van der Waals surface area contributed by atoms with Gasteiger partial charge in [0.15, 0.2) is 0 Å². The second-order valence-corrected chi connectivity index (χ2v) is 8.85. The number of carbonyl (C=O) groups is 1. The molecule has 0 heterocycles. The molecule has 156 valence electrons. The molecule has 5 nitrogen and oxygen atoms in total. The van der Waals surface area contributed by atoms with Crippen LogP contribution in [0, 0.1) is 19.7 Å². The van der Waals surface area contributed by atoms with Crippen molar-refractivity contribution in [2.75, 3.05) is 4.72 Å². The number of nitrogens with one attached hydrogen (secondary N) is 2. The fraction of sp³-hybridized carbons (Fsp3) is 0.174. The monoisotopic (exact) mass is 426 g/mol. The summed E-state index contributed by atoms with van der Waals surface area (Å²) in [6.07, 6.45) is 0. The summed E-state index contributed by atoms with van der Waals surface area (Å²) < 4.78 is 41.3. The van der Waals surface area contributed by atoms with Crippen LogP contribution < -0.4 is 10.0 Å². The molecule has 3 aromatic carbocycles. The highest BCUT2D eigenvalue weighted by atomic mass is 32.2. The third-order valence-corrected chi connectivity index (χ3v) is 6.13. The number of halogens is 1. The highest BCUT2D eigenvalue weighted by Gasteiger charge is 2.19. The number of aryl methyl sites for hydroxylation is 2. The van der Waals surface area contributed by atoms with Crippen molar-refractivity contribution in [1.29, 1.82) is 0 Å². The van der Waals surface area contributed by atoms with Gasteiger partial charge in [-0.15, -0.1) is 0 Å². The molecular weight excluding hydrogens is 403 g/mol. The summed E-state index contributed by atoms with van der Waals surface area (Å²) in [5.74, 6) is -1.08. The zero-order valence-electron chi connectivity index (χ0n) is 16.9. The normalized spacial score (nSPS) is 12.3. The van der Waals surface area contributed by atoms with E-state index in [-0.39, 0.29) is 22.2 Å². The van der Waals surface area contributed by atoms with Gasteiger partial charge in [-0.05, 0) is 62.2 Å². The summed E-state index contributed by atoms with van der Waals surface area (Å²) in [4.78, 5) is 12.6. The molecule has 0 saturated carbocycles. The number of para-hydroxylation sites is 1. The van der Waals surface area contributed by atoms with E-state index < -0.39 is 21.7 Å². The Labute approximate surface area is 176 Å². The van der Waals surface area contributed by atoms with Crippen LogP contribution in [0.2, 0.25) is 0 Å². The van der Waals surface area contributed by atoms with Crippen LogP contribution in [-0.4, -0.2) is 14.3 Å². The number of amides is 1. The Bertz CT molecular complexity index is 1190. The SMILES string of the molecule is Cc1ccc(C(C)NC(=O)c2cccc(S(=O)(=O)Nc3ccccc3F)c2)c(C)c1. The van der Waals surface area contributed by atoms with Crippen LogP contribution in [0.5, 0.6) is 0 Å². The average molecular weight is 427 g/mol. The predicted molar refractivity (Wildman–Crippen MR) is 115 cm³/mol. The maximum absolute atomic E-state index is 13.8. The summed E-state index contributed by atoms with van der Waals surface area (Å²) in [5.41, 5.74) is 3.22. The van der Waals surface area contributed by atoms with Crippen molar-refractivity contribution < 1.29 is 17.6 Å². The van der Waals surface area contributed by atoms with Gasteiger partial charge in [-0.3, -0.25) is 9.52 Å². The van der Waals surface area contributed by atoms with E-state index in [1.54, 1.807) is 0 Å². The van der Waals surface area contributed by atoms with Crippen molar-refractivity contribution >= 4 is 21.6 Å². The first kappa shape index (κ1) is 21.5. The molecule has 0 radical (unpaired) electrons. The molecule has 1 amide bonds. The Balaban J connectivity index is 1.80. The lowest BCUT2D eigenvalue weighted by Gasteiger charge is -2.17. The molecular formula is C23H23FN2O3S. The number of hydrogen-bond acceptors (Lipinski definition) is 3. The Kier molecular flexibility index (Phi) is 6.22. The maximum Gasteiger partial charge on any atom is 0.262 e. The molecule has 0 fully saturated rings. The first-order valence-corrected chi connectivity index (χ1v) is 10.9. The Morgan fingerprint density at radius 3 is 2.40 bits per heavy atom. The second-order valence-electron chi connectivity index (χ2n) is 7.17. The van der Waals surface area contributed by atoms with Gasteiger partial charge >= 0.3 is 0 Å². The van der Waals surface area contributed by atoms with Crippen LogP contribution in [0.25, 0.3) is 0 Å². The van der Waals surface area contributed by atoms with Crippen molar-refractivity contribution in [1.82, 2.24) is 5.32 Å². The first-order chi connectivity index (χ1) is 14.2. The zero-order chi connectivity index (χ0) is 21.9. The molecule has 0 saturated heterocycles. The van der Waals surface area contributed by atoms with Crippen LogP contribution in [0.4, 0.5) is 10.1 Å². The maximum atomic E-state index is 13.8. The first-order valence-electron chi connectivity index (χ1n) is 9.43. The summed E-state index contributed by atoms with van der Waals surface area (Å²) >= 11 is 0. The van der Waals surface area contributed by atoms with Crippen molar-refractivity contribution in [3.63, 3.8) is 0 Å². The molecule has 1 atom stereocenters. The molecule has 3 aromatic rings. The highest BCUT2D eigenvalue weighted by molar-refractivity contribution is 7.92. The van der Waals surface area contributed by atoms with Gasteiger partial charge in [0.05, 0.1) is 16.6 Å². The van der Waals surface area contributed by atoms with Crippen LogP contribution in [0.1, 0.15) is 40.0 Å². The van der Waals surface area contributed by atoms with Gasteiger partial charge in [0, 0.05) is 5.56 Å². The summed E-state index contributed by atoms with van der Waals surface area (Å²) in [5, 5.41) is 2.90. The zero-order valence-corrected chi connectivity index (χ0v) is 17.8. The number of sulfonamides is 1. The molecule has 0 bridgehead atoms. The quantitative estimate of drug-likeness (QED) is 0.598. The van der Waals surface area contributed by atoms with Gasteiger partial charge in [0.25, 0.3) is 15.9 Å². The predicted octanol–water partition coefficient (Wildman–Crippen LogP) is 4.73. The Hall–Kier alpha value is -3.19. The van der Waals surface area contributed by atoms with Gasteiger partial charge in [0.1, 0.15) is 5.82 Å². The summed E-state index contributed by atoms with van der Waals surface area (Å²) in [7, 11) is -4.05. The molecule has 7 heteroatoms. The molecule has 0 aromatic heterocycles. The fourth-order valence-corrected chi connectivity index (χ4v) is 4.33. The smallest absolute Gasteiger partial charge is 0.262 e. The number of rotatable bonds is 6. The molecule has 0 spiro atoms. The second kappa shape index (κ2) is 8.67. The minimum absolute atomic E-state index is 0.127. The van der Waals surface area contributed by atoms with E-state index in [4.69, 9.17) is 0 Å². The third kappa shape index (κ3) is 4.86. The third-order valence-electron chi connectivity index (χ3n) is 4.76. The van der Waals surface area contributed by atoms with E-state index in [0.29, 0.717) is 0 Å². The lowest BCUT2D eigenvalue weighted by molar-refractivity contribution is 0.0939. The van der Waals surface area contributed by atoms with Crippen molar-refractivity contribution in [3.8, 4) is 0 Å². The van der Waals surface area contributed by atoms with E-state index >= 15 is 0 Å². The molecule has 2 N–H and O–H groups in total. The fourth-order valence-electron chi connectivity index (χ4n) is 3.22. The van der Waals surface area contributed by atoms with Gasteiger partial charge in [0.2, 0.25) is 0 Å². The van der Waals surface area contributed by atoms with Crippen molar-refractivity contribution in [2.45, 2.75) is 31.7 Å². The van der Waals surface area contributed by atoms with E-state index in [2.05, 4.69) is 10.0 Å². The van der Waals surface area contributed by atoms with E-state index in [1.165, 1.54) is 42.5 Å². The Morgan fingerprint density at radius 2 is 1.70 bits per heavy atom. The molecule has 0 aliphatic rings. The van der Waals surface area contributed by atoms with E-state index in [1.807, 2.05) is 39.0 Å². The van der Waals surface area contributed by atoms with Crippen molar-refractivity contribution in [2.24, 2.45) is 0 Å². The minimum atomic E-state index is -4.05. The van der Waals surface area contributed by atoms with Crippen LogP contribution in [-0.2, 0) is 10.0 Å². The molecule has 30 heavy (non-hydrogen) atoms. The molecule has 0 aliphatic heterocycles. The summed E-state index contributed by atoms with van der Waals surface area (Å²) in [6, 6.07) is 16.9. The number of hydrogen-bond donors (Lipinski definition) is 2. The Morgan fingerprint density at radius 1 is 0.967 bits per heavy atom. The van der Waals surface area contributed by atoms with Crippen LogP contribution in [0.15, 0.2) is 71.6 Å². The van der Waals surface area contributed by atoms with E-state index in [9.17, 15) is 17.6 Å². The standard InChI is InChI=1S/C23H23FN2O3S/c1-15-11-12-20(16(2)13-15)17(3)25-23(27)18-7-6-8-19(14-18)30(28,29)26-22-10-5-4-9-21(22)24/h4-14,17,26H,1-3H3,(H,25,27). The van der Waals surface area contributed by atoms with Gasteiger partial charge in [-0.25, -0.2) is 12.8 Å². The van der Waals surface area contributed by atoms with Gasteiger partial charge < -0.3 is 5.32 Å². The number of carbonyl (C=O) groups excluding carboxylic acids is 1. The summed E-state index contributed by atoms with van der Waals surface area (Å²) in [6.45, 7) is 5.85. The van der Waals surface area contributed by atoms with Crippen LogP contribution in [0.3, 0.4) is 0 Å². The lowest BCUT2D eigenvalue weighted by atomic mass is 10.00. The largest absolute Gasteiger partial charge is 0.346 e. The van der Waals surface area contributed by atoms with Crippen LogP contribution >= 0.6 is 0 Å². The molecule has 0 aliphatic carbocycles.